The van der Waals surface area contributed by atoms with E-state index in [2.05, 4.69) is 20.5 Å². The predicted octanol–water partition coefficient (Wildman–Crippen LogP) is 1.85. The van der Waals surface area contributed by atoms with E-state index in [1.807, 2.05) is 24.5 Å². The lowest BCUT2D eigenvalue weighted by Gasteiger charge is -2.33. The Hall–Kier alpha value is -3.09. The van der Waals surface area contributed by atoms with Gasteiger partial charge in [-0.3, -0.25) is 14.6 Å². The van der Waals surface area contributed by atoms with Gasteiger partial charge in [0.2, 0.25) is 5.91 Å². The number of anilines is 1. The second-order valence-corrected chi connectivity index (χ2v) is 6.85. The van der Waals surface area contributed by atoms with Crippen LogP contribution < -0.4 is 20.3 Å². The first-order valence-electron chi connectivity index (χ1n) is 9.49. The smallest absolute Gasteiger partial charge is 0.251 e. The van der Waals surface area contributed by atoms with Crippen LogP contribution in [0.2, 0.25) is 0 Å². The average molecular weight is 382 g/mol. The molecule has 0 aliphatic carbocycles. The molecule has 1 aromatic heterocycles. The summed E-state index contributed by atoms with van der Waals surface area (Å²) in [5.74, 6) is 0.596. The summed E-state index contributed by atoms with van der Waals surface area (Å²) in [6.45, 7) is 2.54. The van der Waals surface area contributed by atoms with Gasteiger partial charge in [0.15, 0.2) is 0 Å². The van der Waals surface area contributed by atoms with Crippen molar-refractivity contribution in [1.29, 1.82) is 0 Å². The number of benzene rings is 1. The number of rotatable bonds is 7. The van der Waals surface area contributed by atoms with E-state index in [1.54, 1.807) is 31.4 Å². The second-order valence-electron chi connectivity index (χ2n) is 6.85. The zero-order chi connectivity index (χ0) is 19.8. The molecule has 148 valence electrons. The molecular weight excluding hydrogens is 356 g/mol. The summed E-state index contributed by atoms with van der Waals surface area (Å²) in [7, 11) is 1.55. The summed E-state index contributed by atoms with van der Waals surface area (Å²) in [4.78, 5) is 30.6. The van der Waals surface area contributed by atoms with E-state index in [4.69, 9.17) is 4.74 Å². The van der Waals surface area contributed by atoms with Crippen molar-refractivity contribution in [2.75, 3.05) is 38.2 Å². The number of hydrogen-bond acceptors (Lipinski definition) is 5. The van der Waals surface area contributed by atoms with Gasteiger partial charge in [-0.1, -0.05) is 6.07 Å². The topological polar surface area (TPSA) is 83.6 Å². The van der Waals surface area contributed by atoms with Crippen molar-refractivity contribution < 1.29 is 14.3 Å². The highest BCUT2D eigenvalue weighted by atomic mass is 16.5. The number of amides is 2. The van der Waals surface area contributed by atoms with Crippen molar-refractivity contribution in [2.24, 2.45) is 5.92 Å². The molecule has 7 nitrogen and oxygen atoms in total. The average Bonchev–Trinajstić information content (AvgIpc) is 2.77. The molecule has 0 atom stereocenters. The quantitative estimate of drug-likeness (QED) is 0.764. The Morgan fingerprint density at radius 2 is 1.89 bits per heavy atom. The number of pyridine rings is 1. The van der Waals surface area contributed by atoms with Gasteiger partial charge in [-0.25, -0.2) is 0 Å². The van der Waals surface area contributed by atoms with Gasteiger partial charge in [0, 0.05) is 43.3 Å². The van der Waals surface area contributed by atoms with Crippen molar-refractivity contribution in [2.45, 2.75) is 12.8 Å². The Balaban J connectivity index is 1.36. The van der Waals surface area contributed by atoms with Crippen LogP contribution in [0.3, 0.4) is 0 Å². The number of ether oxygens (including phenoxy) is 1. The summed E-state index contributed by atoms with van der Waals surface area (Å²) in [6, 6.07) is 10.9. The largest absolute Gasteiger partial charge is 0.497 e. The van der Waals surface area contributed by atoms with Crippen LogP contribution in [-0.4, -0.2) is 50.1 Å². The van der Waals surface area contributed by atoms with E-state index >= 15 is 0 Å². The first-order valence-corrected chi connectivity index (χ1v) is 9.49. The number of nitrogens with one attached hydrogen (secondary N) is 2. The van der Waals surface area contributed by atoms with Gasteiger partial charge in [-0.15, -0.1) is 0 Å². The summed E-state index contributed by atoms with van der Waals surface area (Å²) in [6.07, 6.45) is 5.67. The van der Waals surface area contributed by atoms with Crippen LogP contribution in [0.15, 0.2) is 48.8 Å². The Kier molecular flexibility index (Phi) is 6.84. The lowest BCUT2D eigenvalue weighted by atomic mass is 9.96. The molecule has 7 heteroatoms. The van der Waals surface area contributed by atoms with E-state index in [9.17, 15) is 9.59 Å². The van der Waals surface area contributed by atoms with Crippen LogP contribution >= 0.6 is 0 Å². The van der Waals surface area contributed by atoms with Crippen molar-refractivity contribution >= 4 is 17.5 Å². The molecule has 1 saturated heterocycles. The van der Waals surface area contributed by atoms with Gasteiger partial charge < -0.3 is 20.3 Å². The fourth-order valence-corrected chi connectivity index (χ4v) is 3.30. The van der Waals surface area contributed by atoms with Gasteiger partial charge in [-0.05, 0) is 49.1 Å². The van der Waals surface area contributed by atoms with Crippen LogP contribution in [0.4, 0.5) is 5.69 Å². The lowest BCUT2D eigenvalue weighted by molar-refractivity contribution is -0.120. The fraction of sp³-hybridized carbons (Fsp3) is 0.381. The first kappa shape index (κ1) is 19.7. The minimum Gasteiger partial charge on any atom is -0.497 e. The standard InChI is InChI=1S/C21H26N4O3/c1-28-19-4-2-3-17(13-19)21(27)24-15-20(26)23-14-16-7-11-25(12-8-16)18-5-9-22-10-6-18/h2-6,9-10,13,16H,7-8,11-12,14-15H2,1H3,(H,23,26)(H,24,27). The molecule has 0 radical (unpaired) electrons. The first-order chi connectivity index (χ1) is 13.7. The van der Waals surface area contributed by atoms with Crippen molar-refractivity contribution in [3.63, 3.8) is 0 Å². The molecule has 1 aromatic carbocycles. The molecule has 0 unspecified atom stereocenters. The van der Waals surface area contributed by atoms with Gasteiger partial charge >= 0.3 is 0 Å². The highest BCUT2D eigenvalue weighted by Gasteiger charge is 2.20. The van der Waals surface area contributed by atoms with Crippen LogP contribution in [0.5, 0.6) is 5.75 Å². The number of carbonyl (C=O) groups excluding carboxylic acids is 2. The maximum atomic E-state index is 12.1. The van der Waals surface area contributed by atoms with Gasteiger partial charge in [0.25, 0.3) is 5.91 Å². The number of aromatic nitrogens is 1. The molecule has 1 aliphatic rings. The van der Waals surface area contributed by atoms with Crippen molar-refractivity contribution in [1.82, 2.24) is 15.6 Å². The van der Waals surface area contributed by atoms with Gasteiger partial charge in [0.1, 0.15) is 5.75 Å². The van der Waals surface area contributed by atoms with Crippen LogP contribution in [0.25, 0.3) is 0 Å². The normalized spacial score (nSPS) is 14.4. The fourth-order valence-electron chi connectivity index (χ4n) is 3.30. The number of methoxy groups -OCH3 is 1. The van der Waals surface area contributed by atoms with Crippen LogP contribution in [-0.2, 0) is 4.79 Å². The number of piperidine rings is 1. The molecular formula is C21H26N4O3. The van der Waals surface area contributed by atoms with Gasteiger partial charge in [0.05, 0.1) is 13.7 Å². The summed E-state index contributed by atoms with van der Waals surface area (Å²) < 4.78 is 5.11. The predicted molar refractivity (Wildman–Crippen MR) is 108 cm³/mol. The second kappa shape index (κ2) is 9.73. The van der Waals surface area contributed by atoms with Crippen molar-refractivity contribution in [3.8, 4) is 5.75 Å². The highest BCUT2D eigenvalue weighted by molar-refractivity contribution is 5.96. The van der Waals surface area contributed by atoms with Gasteiger partial charge in [-0.2, -0.15) is 0 Å². The zero-order valence-corrected chi connectivity index (χ0v) is 16.1. The minimum atomic E-state index is -0.292. The van der Waals surface area contributed by atoms with E-state index in [1.165, 1.54) is 5.69 Å². The summed E-state index contributed by atoms with van der Waals surface area (Å²) in [5.41, 5.74) is 1.66. The molecule has 0 bridgehead atoms. The highest BCUT2D eigenvalue weighted by Crippen LogP contribution is 2.22. The van der Waals surface area contributed by atoms with Crippen LogP contribution in [0.1, 0.15) is 23.2 Å². The molecule has 2 N–H and O–H groups in total. The Labute approximate surface area is 165 Å². The Bertz CT molecular complexity index is 789. The molecule has 2 heterocycles. The van der Waals surface area contributed by atoms with E-state index < -0.39 is 0 Å². The molecule has 0 spiro atoms. The molecule has 2 aromatic rings. The Morgan fingerprint density at radius 1 is 1.14 bits per heavy atom. The molecule has 28 heavy (non-hydrogen) atoms. The van der Waals surface area contributed by atoms with Crippen molar-refractivity contribution in [3.05, 3.63) is 54.4 Å². The number of hydrogen-bond donors (Lipinski definition) is 2. The van der Waals surface area contributed by atoms with E-state index in [-0.39, 0.29) is 18.4 Å². The third-order valence-electron chi connectivity index (χ3n) is 4.97. The summed E-state index contributed by atoms with van der Waals surface area (Å²) >= 11 is 0. The third-order valence-corrected chi connectivity index (χ3v) is 4.97. The van der Waals surface area contributed by atoms with E-state index in [0.29, 0.717) is 23.8 Å². The zero-order valence-electron chi connectivity index (χ0n) is 16.1. The number of nitrogens with zero attached hydrogens (tertiary/aromatic N) is 2. The molecule has 2 amide bonds. The molecule has 1 fully saturated rings. The molecule has 0 saturated carbocycles. The SMILES string of the molecule is COc1cccc(C(=O)NCC(=O)NCC2CCN(c3ccncc3)CC2)c1. The maximum Gasteiger partial charge on any atom is 0.251 e. The molecule has 3 rings (SSSR count). The monoisotopic (exact) mass is 382 g/mol. The lowest BCUT2D eigenvalue weighted by Crippen LogP contribution is -2.42. The summed E-state index contributed by atoms with van der Waals surface area (Å²) in [5, 5.41) is 5.58. The minimum absolute atomic E-state index is 0.0358. The maximum absolute atomic E-state index is 12.1. The Morgan fingerprint density at radius 3 is 2.61 bits per heavy atom. The number of carbonyl (C=O) groups is 2. The van der Waals surface area contributed by atoms with E-state index in [0.717, 1.165) is 25.9 Å². The molecule has 1 aliphatic heterocycles. The van der Waals surface area contributed by atoms with Crippen LogP contribution in [0, 0.1) is 5.92 Å². The third kappa shape index (κ3) is 5.45.